The van der Waals surface area contributed by atoms with E-state index in [1.54, 1.807) is 0 Å². The molecule has 2 rings (SSSR count). The first-order valence-corrected chi connectivity index (χ1v) is 7.69. The summed E-state index contributed by atoms with van der Waals surface area (Å²) in [6.45, 7) is 9.90. The van der Waals surface area contributed by atoms with E-state index >= 15 is 0 Å². The zero-order chi connectivity index (χ0) is 15.6. The van der Waals surface area contributed by atoms with Gasteiger partial charge < -0.3 is 10.6 Å². The fraction of sp³-hybridized carbons (Fsp3) is 0.647. The van der Waals surface area contributed by atoms with Crippen LogP contribution >= 0.6 is 0 Å². The molecular weight excluding hydrogens is 270 g/mol. The molecule has 1 aromatic carbocycles. The molecule has 2 unspecified atom stereocenters. The van der Waals surface area contributed by atoms with Crippen molar-refractivity contribution < 1.29 is 8.78 Å². The summed E-state index contributed by atoms with van der Waals surface area (Å²) in [7, 11) is 0. The quantitative estimate of drug-likeness (QED) is 0.917. The molecule has 0 amide bonds. The SMILES string of the molecule is CC(C)(C)C1CCN(CCC(N)c2cc(F)cc(F)c2)C1. The normalized spacial score (nSPS) is 21.7. The van der Waals surface area contributed by atoms with Crippen LogP contribution in [0, 0.1) is 23.0 Å². The predicted octanol–water partition coefficient (Wildman–Crippen LogP) is 3.72. The second-order valence-electron chi connectivity index (χ2n) is 7.25. The van der Waals surface area contributed by atoms with Gasteiger partial charge in [-0.25, -0.2) is 8.78 Å². The van der Waals surface area contributed by atoms with Gasteiger partial charge in [-0.05, 0) is 55.0 Å². The summed E-state index contributed by atoms with van der Waals surface area (Å²) < 4.78 is 26.4. The Morgan fingerprint density at radius 3 is 2.38 bits per heavy atom. The Morgan fingerprint density at radius 1 is 1.24 bits per heavy atom. The third-order valence-electron chi connectivity index (χ3n) is 4.57. The van der Waals surface area contributed by atoms with E-state index in [2.05, 4.69) is 25.7 Å². The summed E-state index contributed by atoms with van der Waals surface area (Å²) in [6.07, 6.45) is 1.94. The minimum Gasteiger partial charge on any atom is -0.324 e. The van der Waals surface area contributed by atoms with Crippen molar-refractivity contribution in [2.45, 2.75) is 39.7 Å². The van der Waals surface area contributed by atoms with Crippen molar-refractivity contribution in [3.63, 3.8) is 0 Å². The molecule has 2 nitrogen and oxygen atoms in total. The van der Waals surface area contributed by atoms with Gasteiger partial charge in [0.25, 0.3) is 0 Å². The van der Waals surface area contributed by atoms with Gasteiger partial charge in [0.1, 0.15) is 11.6 Å². The van der Waals surface area contributed by atoms with Crippen molar-refractivity contribution in [3.8, 4) is 0 Å². The van der Waals surface area contributed by atoms with Crippen LogP contribution in [-0.4, -0.2) is 24.5 Å². The third kappa shape index (κ3) is 4.48. The van der Waals surface area contributed by atoms with E-state index in [0.717, 1.165) is 32.1 Å². The Labute approximate surface area is 126 Å². The number of nitrogens with zero attached hydrogens (tertiary/aromatic N) is 1. The highest BCUT2D eigenvalue weighted by molar-refractivity contribution is 5.21. The van der Waals surface area contributed by atoms with Gasteiger partial charge in [-0.1, -0.05) is 20.8 Å². The number of benzene rings is 1. The minimum absolute atomic E-state index is 0.316. The molecule has 21 heavy (non-hydrogen) atoms. The van der Waals surface area contributed by atoms with Gasteiger partial charge in [0, 0.05) is 18.7 Å². The summed E-state index contributed by atoms with van der Waals surface area (Å²) >= 11 is 0. The highest BCUT2D eigenvalue weighted by Gasteiger charge is 2.31. The molecule has 1 fully saturated rings. The van der Waals surface area contributed by atoms with Gasteiger partial charge in [-0.15, -0.1) is 0 Å². The van der Waals surface area contributed by atoms with E-state index in [9.17, 15) is 8.78 Å². The summed E-state index contributed by atoms with van der Waals surface area (Å²) in [6, 6.07) is 3.22. The van der Waals surface area contributed by atoms with E-state index in [0.29, 0.717) is 16.9 Å². The molecule has 118 valence electrons. The lowest BCUT2D eigenvalue weighted by molar-refractivity contribution is 0.226. The molecular formula is C17H26F2N2. The third-order valence-corrected chi connectivity index (χ3v) is 4.57. The van der Waals surface area contributed by atoms with E-state index < -0.39 is 11.6 Å². The van der Waals surface area contributed by atoms with Crippen molar-refractivity contribution in [2.24, 2.45) is 17.1 Å². The lowest BCUT2D eigenvalue weighted by Gasteiger charge is -2.27. The average molecular weight is 296 g/mol. The number of rotatable bonds is 4. The second-order valence-corrected chi connectivity index (χ2v) is 7.25. The summed E-state index contributed by atoms with van der Waals surface area (Å²) in [5, 5.41) is 0. The molecule has 0 saturated carbocycles. The molecule has 1 aliphatic rings. The van der Waals surface area contributed by atoms with Crippen molar-refractivity contribution in [2.75, 3.05) is 19.6 Å². The lowest BCUT2D eigenvalue weighted by Crippen LogP contribution is -2.28. The van der Waals surface area contributed by atoms with Crippen LogP contribution in [0.5, 0.6) is 0 Å². The van der Waals surface area contributed by atoms with Crippen molar-refractivity contribution in [3.05, 3.63) is 35.4 Å². The smallest absolute Gasteiger partial charge is 0.126 e. The largest absolute Gasteiger partial charge is 0.324 e. The monoisotopic (exact) mass is 296 g/mol. The Balaban J connectivity index is 1.86. The minimum atomic E-state index is -0.561. The zero-order valence-electron chi connectivity index (χ0n) is 13.2. The Morgan fingerprint density at radius 2 is 1.86 bits per heavy atom. The van der Waals surface area contributed by atoms with Crippen molar-refractivity contribution in [1.82, 2.24) is 4.90 Å². The fourth-order valence-electron chi connectivity index (χ4n) is 3.02. The van der Waals surface area contributed by atoms with Crippen molar-refractivity contribution in [1.29, 1.82) is 0 Å². The van der Waals surface area contributed by atoms with Gasteiger partial charge in [-0.2, -0.15) is 0 Å². The van der Waals surface area contributed by atoms with Crippen LogP contribution in [0.4, 0.5) is 8.78 Å². The predicted molar refractivity (Wildman–Crippen MR) is 81.9 cm³/mol. The first kappa shape index (κ1) is 16.4. The first-order chi connectivity index (χ1) is 9.75. The first-order valence-electron chi connectivity index (χ1n) is 7.69. The maximum Gasteiger partial charge on any atom is 0.126 e. The molecule has 2 atom stereocenters. The molecule has 0 bridgehead atoms. The number of nitrogens with two attached hydrogens (primary N) is 1. The van der Waals surface area contributed by atoms with Crippen LogP contribution in [-0.2, 0) is 0 Å². The fourth-order valence-corrected chi connectivity index (χ4v) is 3.02. The van der Waals surface area contributed by atoms with Crippen LogP contribution in [0.2, 0.25) is 0 Å². The van der Waals surface area contributed by atoms with Gasteiger partial charge in [0.15, 0.2) is 0 Å². The number of hydrogen-bond donors (Lipinski definition) is 1. The summed E-state index contributed by atoms with van der Waals surface area (Å²) in [4.78, 5) is 2.41. The van der Waals surface area contributed by atoms with Crippen LogP contribution in [0.15, 0.2) is 18.2 Å². The van der Waals surface area contributed by atoms with Gasteiger partial charge in [-0.3, -0.25) is 0 Å². The Kier molecular flexibility index (Phi) is 4.99. The van der Waals surface area contributed by atoms with Gasteiger partial charge in [0.2, 0.25) is 0 Å². The lowest BCUT2D eigenvalue weighted by atomic mass is 9.80. The zero-order valence-corrected chi connectivity index (χ0v) is 13.2. The molecule has 1 aliphatic heterocycles. The van der Waals surface area contributed by atoms with Crippen LogP contribution in [0.3, 0.4) is 0 Å². The highest BCUT2D eigenvalue weighted by atomic mass is 19.1. The van der Waals surface area contributed by atoms with E-state index in [4.69, 9.17) is 5.73 Å². The Bertz CT molecular complexity index is 462. The maximum absolute atomic E-state index is 13.2. The van der Waals surface area contributed by atoms with Gasteiger partial charge >= 0.3 is 0 Å². The van der Waals surface area contributed by atoms with E-state index in [-0.39, 0.29) is 6.04 Å². The molecule has 1 saturated heterocycles. The van der Waals surface area contributed by atoms with Crippen LogP contribution in [0.25, 0.3) is 0 Å². The maximum atomic E-state index is 13.2. The number of halogens is 2. The number of hydrogen-bond acceptors (Lipinski definition) is 2. The topological polar surface area (TPSA) is 29.3 Å². The van der Waals surface area contributed by atoms with Gasteiger partial charge in [0.05, 0.1) is 0 Å². The standard InChI is InChI=1S/C17H26F2N2/c1-17(2,3)13-4-6-21(11-13)7-5-16(20)12-8-14(18)10-15(19)9-12/h8-10,13,16H,4-7,11,20H2,1-3H3. The molecule has 0 spiro atoms. The van der Waals surface area contributed by atoms with E-state index in [1.165, 1.54) is 18.6 Å². The van der Waals surface area contributed by atoms with Crippen LogP contribution in [0.1, 0.15) is 45.2 Å². The van der Waals surface area contributed by atoms with E-state index in [1.807, 2.05) is 0 Å². The highest BCUT2D eigenvalue weighted by Crippen LogP contribution is 2.33. The molecule has 2 N–H and O–H groups in total. The Hall–Kier alpha value is -1.00. The molecule has 0 radical (unpaired) electrons. The van der Waals surface area contributed by atoms with Crippen molar-refractivity contribution >= 4 is 0 Å². The summed E-state index contributed by atoms with van der Waals surface area (Å²) in [5.74, 6) is -0.413. The molecule has 0 aromatic heterocycles. The molecule has 4 heteroatoms. The average Bonchev–Trinajstić information content (AvgIpc) is 2.83. The molecule has 1 heterocycles. The molecule has 1 aromatic rings. The van der Waals surface area contributed by atoms with Crippen LogP contribution < -0.4 is 5.73 Å². The number of likely N-dealkylation sites (tertiary alicyclic amines) is 1. The molecule has 0 aliphatic carbocycles. The summed E-state index contributed by atoms with van der Waals surface area (Å²) in [5.41, 5.74) is 6.95. The second kappa shape index (κ2) is 6.41.